The molecule has 5 rings (SSSR count). The molecule has 2 aromatic rings. The quantitative estimate of drug-likeness (QED) is 0.0682. The highest BCUT2D eigenvalue weighted by Gasteiger charge is 2.57. The van der Waals surface area contributed by atoms with Crippen LogP contribution < -0.4 is 12.4 Å². The number of nitrogens with zero attached hydrogens (tertiary/aromatic N) is 1. The Bertz CT molecular complexity index is 1310. The van der Waals surface area contributed by atoms with Gasteiger partial charge in [-0.05, 0) is 12.8 Å². The molecule has 294 valence electrons. The summed E-state index contributed by atoms with van der Waals surface area (Å²) in [5.74, 6) is -1.50. The molecule has 2 aromatic carbocycles. The summed E-state index contributed by atoms with van der Waals surface area (Å²) in [6.45, 7) is 2.54. The Balaban J connectivity index is 0.00000627. The Morgan fingerprint density at radius 2 is 1.00 bits per heavy atom. The molecule has 7 nitrogen and oxygen atoms in total. The largest absolute Gasteiger partial charge is 1.00 e. The molecule has 2 bridgehead atoms. The molecule has 3 aliphatic rings. The van der Waals surface area contributed by atoms with Crippen molar-refractivity contribution < 1.29 is 45.9 Å². The molecule has 8 heteroatoms. The molecule has 3 fully saturated rings. The minimum absolute atomic E-state index is 0. The van der Waals surface area contributed by atoms with Crippen molar-refractivity contribution in [2.24, 2.45) is 0 Å². The van der Waals surface area contributed by atoms with Gasteiger partial charge >= 0.3 is 17.9 Å². The molecular formula is C45H66ClNO6. The van der Waals surface area contributed by atoms with Crippen LogP contribution in [0.2, 0.25) is 0 Å². The number of quaternary nitrogens is 1. The van der Waals surface area contributed by atoms with Gasteiger partial charge in [0.25, 0.3) is 5.60 Å². The fourth-order valence-electron chi connectivity index (χ4n) is 9.69. The number of carbonyl (C=O) groups excluding carboxylic acids is 2. The Labute approximate surface area is 325 Å². The predicted octanol–water partition coefficient (Wildman–Crippen LogP) is 7.43. The van der Waals surface area contributed by atoms with Crippen molar-refractivity contribution in [2.45, 2.75) is 178 Å². The standard InChI is InChI=1S/C45H65NO6.ClH/c47-42(48)29-21-13-11-9-7-5-3-1-2-4-6-8-10-12-14-22-30-43(49)52-45(37-25-17-15-18-26-37,38-27-19-16-20-28-38)44(50)51-41-35-39-31-32-40(36-41)46(39)33-23-24-34-46;/h15-20,25-28,39-41H,1-14,21-24,29-36H2;1H. The summed E-state index contributed by atoms with van der Waals surface area (Å²) in [6, 6.07) is 20.1. The van der Waals surface area contributed by atoms with E-state index < -0.39 is 17.5 Å². The first-order valence-electron chi connectivity index (χ1n) is 21.1. The lowest BCUT2D eigenvalue weighted by Gasteiger charge is -2.47. The van der Waals surface area contributed by atoms with Crippen LogP contribution >= 0.6 is 0 Å². The van der Waals surface area contributed by atoms with E-state index in [1.54, 1.807) is 0 Å². The number of rotatable bonds is 24. The van der Waals surface area contributed by atoms with Crippen LogP contribution in [0.15, 0.2) is 60.7 Å². The van der Waals surface area contributed by atoms with Crippen LogP contribution in [0.5, 0.6) is 0 Å². The lowest BCUT2D eigenvalue weighted by Crippen LogP contribution is -3.00. The summed E-state index contributed by atoms with van der Waals surface area (Å²) >= 11 is 0. The number of unbranched alkanes of at least 4 members (excludes halogenated alkanes) is 15. The van der Waals surface area contributed by atoms with Crippen molar-refractivity contribution in [3.63, 3.8) is 0 Å². The van der Waals surface area contributed by atoms with Crippen LogP contribution in [0.4, 0.5) is 0 Å². The molecule has 1 N–H and O–H groups in total. The van der Waals surface area contributed by atoms with E-state index in [9.17, 15) is 14.4 Å². The van der Waals surface area contributed by atoms with Crippen molar-refractivity contribution >= 4 is 17.9 Å². The second-order valence-electron chi connectivity index (χ2n) is 16.1. The number of carbonyl (C=O) groups is 3. The van der Waals surface area contributed by atoms with E-state index in [0.29, 0.717) is 29.6 Å². The van der Waals surface area contributed by atoms with Crippen LogP contribution in [0.1, 0.15) is 165 Å². The summed E-state index contributed by atoms with van der Waals surface area (Å²) in [6.07, 6.45) is 25.8. The second-order valence-corrected chi connectivity index (χ2v) is 16.1. The van der Waals surface area contributed by atoms with Gasteiger partial charge in [-0.15, -0.1) is 0 Å². The second kappa shape index (κ2) is 22.5. The zero-order valence-corrected chi connectivity index (χ0v) is 33.0. The Kier molecular flexibility index (Phi) is 18.2. The number of piperidine rings is 1. The molecule has 1 spiro atoms. The topological polar surface area (TPSA) is 89.9 Å². The van der Waals surface area contributed by atoms with Crippen molar-refractivity contribution in [1.29, 1.82) is 0 Å². The molecule has 0 amide bonds. The highest BCUT2D eigenvalue weighted by Crippen LogP contribution is 2.47. The van der Waals surface area contributed by atoms with Crippen LogP contribution in [0.3, 0.4) is 0 Å². The Hall–Kier alpha value is -2.90. The van der Waals surface area contributed by atoms with Gasteiger partial charge in [0, 0.05) is 62.5 Å². The molecule has 3 heterocycles. The molecule has 0 aromatic heterocycles. The van der Waals surface area contributed by atoms with Crippen LogP contribution in [-0.4, -0.2) is 58.8 Å². The zero-order valence-electron chi connectivity index (χ0n) is 32.2. The maximum absolute atomic E-state index is 14.5. The Morgan fingerprint density at radius 3 is 1.42 bits per heavy atom. The monoisotopic (exact) mass is 751 g/mol. The SMILES string of the molecule is O=C(O)CCCCCCCCCCCCCCCCCCC(=O)OC(C(=O)OC1CC2CCC(C1)[N+]21CCCC1)(c1ccccc1)c1ccccc1.[Cl-]. The highest BCUT2D eigenvalue weighted by atomic mass is 35.5. The number of hydrogen-bond acceptors (Lipinski definition) is 5. The normalized spacial score (nSPS) is 20.2. The number of esters is 2. The summed E-state index contributed by atoms with van der Waals surface area (Å²) in [5, 5.41) is 8.70. The third-order valence-electron chi connectivity index (χ3n) is 12.5. The van der Waals surface area contributed by atoms with E-state index in [2.05, 4.69) is 0 Å². The predicted molar refractivity (Wildman–Crippen MR) is 206 cm³/mol. The number of ether oxygens (including phenoxy) is 2. The van der Waals surface area contributed by atoms with Crippen molar-refractivity contribution in [3.05, 3.63) is 71.8 Å². The van der Waals surface area contributed by atoms with E-state index in [1.807, 2.05) is 60.7 Å². The summed E-state index contributed by atoms with van der Waals surface area (Å²) < 4.78 is 14.1. The third-order valence-corrected chi connectivity index (χ3v) is 12.5. The summed E-state index contributed by atoms with van der Waals surface area (Å²) in [7, 11) is 0. The molecule has 3 saturated heterocycles. The number of aliphatic carboxylic acids is 1. The highest BCUT2D eigenvalue weighted by molar-refractivity contribution is 5.89. The van der Waals surface area contributed by atoms with Crippen LogP contribution in [0, 0.1) is 0 Å². The molecule has 3 aliphatic heterocycles. The summed E-state index contributed by atoms with van der Waals surface area (Å²) in [5.41, 5.74) is -0.378. The number of carboxylic acid groups (broad SMARTS) is 1. The smallest absolute Gasteiger partial charge is 0.360 e. The molecule has 53 heavy (non-hydrogen) atoms. The van der Waals surface area contributed by atoms with Gasteiger partial charge in [-0.3, -0.25) is 9.59 Å². The van der Waals surface area contributed by atoms with Gasteiger partial charge in [0.05, 0.1) is 25.2 Å². The maximum Gasteiger partial charge on any atom is 0.360 e. The fraction of sp³-hybridized carbons (Fsp3) is 0.667. The number of hydrogen-bond donors (Lipinski definition) is 1. The van der Waals surface area contributed by atoms with E-state index >= 15 is 0 Å². The van der Waals surface area contributed by atoms with Gasteiger partial charge in [-0.25, -0.2) is 4.79 Å². The molecule has 2 unspecified atom stereocenters. The molecule has 0 saturated carbocycles. The number of benzene rings is 2. The first-order valence-corrected chi connectivity index (χ1v) is 21.1. The van der Waals surface area contributed by atoms with Gasteiger partial charge in [0.15, 0.2) is 0 Å². The van der Waals surface area contributed by atoms with Gasteiger partial charge in [0.1, 0.15) is 6.10 Å². The Morgan fingerprint density at radius 1 is 0.604 bits per heavy atom. The number of halogens is 1. The molecule has 0 radical (unpaired) electrons. The van der Waals surface area contributed by atoms with Gasteiger partial charge in [0.2, 0.25) is 0 Å². The van der Waals surface area contributed by atoms with Crippen molar-refractivity contribution in [1.82, 2.24) is 0 Å². The molecule has 2 atom stereocenters. The fourth-order valence-corrected chi connectivity index (χ4v) is 9.69. The van der Waals surface area contributed by atoms with E-state index in [0.717, 1.165) is 51.4 Å². The van der Waals surface area contributed by atoms with E-state index in [4.69, 9.17) is 14.6 Å². The van der Waals surface area contributed by atoms with Crippen molar-refractivity contribution in [3.8, 4) is 0 Å². The van der Waals surface area contributed by atoms with E-state index in [1.165, 1.54) is 107 Å². The minimum Gasteiger partial charge on any atom is -1.00 e. The van der Waals surface area contributed by atoms with Crippen LogP contribution in [-0.2, 0) is 29.5 Å². The molecule has 0 aliphatic carbocycles. The summed E-state index contributed by atoms with van der Waals surface area (Å²) in [4.78, 5) is 38.7. The van der Waals surface area contributed by atoms with Crippen molar-refractivity contribution in [2.75, 3.05) is 13.1 Å². The first kappa shape index (κ1) is 42.8. The third kappa shape index (κ3) is 12.0. The van der Waals surface area contributed by atoms with E-state index in [-0.39, 0.29) is 30.9 Å². The average molecular weight is 752 g/mol. The van der Waals surface area contributed by atoms with Crippen LogP contribution in [0.25, 0.3) is 0 Å². The number of carboxylic acids is 1. The lowest BCUT2D eigenvalue weighted by atomic mass is 9.85. The van der Waals surface area contributed by atoms with Gasteiger partial charge < -0.3 is 31.5 Å². The van der Waals surface area contributed by atoms with Gasteiger partial charge in [-0.2, -0.15) is 0 Å². The lowest BCUT2D eigenvalue weighted by molar-refractivity contribution is -0.956. The average Bonchev–Trinajstić information content (AvgIpc) is 3.70. The zero-order chi connectivity index (χ0) is 36.5. The minimum atomic E-state index is -1.64. The van der Waals surface area contributed by atoms with Gasteiger partial charge in [-0.1, -0.05) is 151 Å². The first-order chi connectivity index (χ1) is 25.4. The maximum atomic E-state index is 14.5. The molecular weight excluding hydrogens is 686 g/mol.